The van der Waals surface area contributed by atoms with Crippen molar-refractivity contribution in [3.8, 4) is 11.8 Å². The molecule has 3 nitrogen and oxygen atoms in total. The molecule has 1 aromatic rings. The molecule has 0 aliphatic rings. The molecule has 0 N–H and O–H groups in total. The van der Waals surface area contributed by atoms with Crippen LogP contribution in [0.4, 0.5) is 0 Å². The summed E-state index contributed by atoms with van der Waals surface area (Å²) in [6.45, 7) is 2.07. The van der Waals surface area contributed by atoms with Gasteiger partial charge in [0.05, 0.1) is 6.61 Å². The first kappa shape index (κ1) is 10.7. The number of esters is 1. The molecule has 1 aromatic heterocycles. The van der Waals surface area contributed by atoms with Crippen molar-refractivity contribution in [1.82, 2.24) is 4.98 Å². The van der Waals surface area contributed by atoms with E-state index in [2.05, 4.69) is 37.5 Å². The molecule has 0 amide bonds. The van der Waals surface area contributed by atoms with Crippen LogP contribution in [0.15, 0.2) is 22.9 Å². The molecule has 0 bridgehead atoms. The largest absolute Gasteiger partial charge is 0.456 e. The Bertz CT molecular complexity index is 393. The van der Waals surface area contributed by atoms with Crippen molar-refractivity contribution in [2.45, 2.75) is 6.92 Å². The van der Waals surface area contributed by atoms with Gasteiger partial charge in [-0.1, -0.05) is 5.92 Å². The summed E-state index contributed by atoms with van der Waals surface area (Å²) in [5.74, 6) is 4.49. The van der Waals surface area contributed by atoms with Crippen LogP contribution in [0, 0.1) is 11.8 Å². The fourth-order valence-electron chi connectivity index (χ4n) is 0.771. The van der Waals surface area contributed by atoms with Gasteiger partial charge in [-0.05, 0) is 28.9 Å². The predicted octanol–water partition coefficient (Wildman–Crippen LogP) is 1.76. The van der Waals surface area contributed by atoms with Crippen molar-refractivity contribution in [3.63, 3.8) is 0 Å². The Morgan fingerprint density at radius 1 is 1.64 bits per heavy atom. The zero-order valence-corrected chi connectivity index (χ0v) is 9.17. The summed E-state index contributed by atoms with van der Waals surface area (Å²) in [6, 6.07) is 1.78. The molecule has 0 aliphatic heterocycles. The molecule has 0 aliphatic carbocycles. The van der Waals surface area contributed by atoms with Gasteiger partial charge in [0.25, 0.3) is 0 Å². The Balaban J connectivity index is 2.72. The first-order valence-electron chi connectivity index (χ1n) is 4.01. The topological polar surface area (TPSA) is 39.2 Å². The van der Waals surface area contributed by atoms with E-state index in [1.165, 1.54) is 0 Å². The molecule has 0 saturated carbocycles. The van der Waals surface area contributed by atoms with Crippen LogP contribution in [0.5, 0.6) is 0 Å². The molecule has 0 radical (unpaired) electrons. The van der Waals surface area contributed by atoms with Crippen LogP contribution in [0.1, 0.15) is 12.5 Å². The zero-order valence-electron chi connectivity index (χ0n) is 7.58. The van der Waals surface area contributed by atoms with Gasteiger partial charge in [0, 0.05) is 28.4 Å². The summed E-state index contributed by atoms with van der Waals surface area (Å²) in [5.41, 5.74) is 0.674. The highest BCUT2D eigenvalue weighted by molar-refractivity contribution is 9.10. The van der Waals surface area contributed by atoms with Gasteiger partial charge < -0.3 is 4.74 Å². The lowest BCUT2D eigenvalue weighted by molar-refractivity contribution is -0.136. The summed E-state index contributed by atoms with van der Waals surface area (Å²) in [4.78, 5) is 14.8. The Morgan fingerprint density at radius 3 is 3.07 bits per heavy atom. The van der Waals surface area contributed by atoms with Crippen LogP contribution in [0.3, 0.4) is 0 Å². The van der Waals surface area contributed by atoms with Crippen molar-refractivity contribution < 1.29 is 9.53 Å². The van der Waals surface area contributed by atoms with E-state index in [4.69, 9.17) is 0 Å². The fourth-order valence-corrected chi connectivity index (χ4v) is 1.14. The monoisotopic (exact) mass is 253 g/mol. The average molecular weight is 254 g/mol. The predicted molar refractivity (Wildman–Crippen MR) is 55.4 cm³/mol. The summed E-state index contributed by atoms with van der Waals surface area (Å²) in [7, 11) is 0. The minimum absolute atomic E-state index is 0.338. The minimum atomic E-state index is -0.521. The molecule has 1 rings (SSSR count). The molecule has 72 valence electrons. The molecule has 4 heteroatoms. The molecule has 0 saturated heterocycles. The second-order valence-corrected chi connectivity index (χ2v) is 3.28. The second-order valence-electron chi connectivity index (χ2n) is 2.36. The summed E-state index contributed by atoms with van der Waals surface area (Å²) in [6.07, 6.45) is 3.23. The lowest BCUT2D eigenvalue weighted by Gasteiger charge is -1.92. The Kier molecular flexibility index (Phi) is 4.14. The number of halogens is 1. The third kappa shape index (κ3) is 3.58. The molecule has 0 spiro atoms. The van der Waals surface area contributed by atoms with Crippen LogP contribution in [-0.2, 0) is 9.53 Å². The zero-order chi connectivity index (χ0) is 10.4. The van der Waals surface area contributed by atoms with Crippen molar-refractivity contribution in [2.24, 2.45) is 0 Å². The number of rotatable bonds is 1. The van der Waals surface area contributed by atoms with E-state index >= 15 is 0 Å². The number of pyridine rings is 1. The van der Waals surface area contributed by atoms with E-state index in [-0.39, 0.29) is 0 Å². The number of hydrogen-bond acceptors (Lipinski definition) is 3. The second kappa shape index (κ2) is 5.40. The molecular weight excluding hydrogens is 246 g/mol. The molecule has 0 fully saturated rings. The number of hydrogen-bond donors (Lipinski definition) is 0. The third-order valence-electron chi connectivity index (χ3n) is 1.29. The van der Waals surface area contributed by atoms with E-state index in [0.717, 1.165) is 4.47 Å². The first-order chi connectivity index (χ1) is 6.72. The Hall–Kier alpha value is -1.34. The molecule has 0 atom stereocenters. The standard InChI is InChI=1S/C10H8BrNO2/c1-2-14-10(13)4-3-8-5-9(11)7-12-6-8/h5-7H,2H2,1H3. The van der Waals surface area contributed by atoms with Gasteiger partial charge in [0.15, 0.2) is 0 Å². The van der Waals surface area contributed by atoms with E-state index in [1.54, 1.807) is 25.4 Å². The van der Waals surface area contributed by atoms with Crippen molar-refractivity contribution in [3.05, 3.63) is 28.5 Å². The quantitative estimate of drug-likeness (QED) is 0.566. The van der Waals surface area contributed by atoms with Gasteiger partial charge in [-0.3, -0.25) is 4.98 Å². The number of carbonyl (C=O) groups is 1. The smallest absolute Gasteiger partial charge is 0.384 e. The van der Waals surface area contributed by atoms with Crippen molar-refractivity contribution in [1.29, 1.82) is 0 Å². The van der Waals surface area contributed by atoms with E-state index in [9.17, 15) is 4.79 Å². The van der Waals surface area contributed by atoms with Crippen LogP contribution < -0.4 is 0 Å². The van der Waals surface area contributed by atoms with Crippen LogP contribution in [0.2, 0.25) is 0 Å². The summed E-state index contributed by atoms with van der Waals surface area (Å²) in [5, 5.41) is 0. The maximum absolute atomic E-state index is 10.9. The molecule has 14 heavy (non-hydrogen) atoms. The van der Waals surface area contributed by atoms with Gasteiger partial charge in [-0.15, -0.1) is 0 Å². The highest BCUT2D eigenvalue weighted by Gasteiger charge is 1.93. The number of ether oxygens (including phenoxy) is 1. The van der Waals surface area contributed by atoms with E-state index in [0.29, 0.717) is 12.2 Å². The van der Waals surface area contributed by atoms with Gasteiger partial charge in [0.1, 0.15) is 0 Å². The highest BCUT2D eigenvalue weighted by Crippen LogP contribution is 2.08. The SMILES string of the molecule is CCOC(=O)C#Cc1cncc(Br)c1. The lowest BCUT2D eigenvalue weighted by Crippen LogP contribution is -1.99. The average Bonchev–Trinajstić information content (AvgIpc) is 2.15. The normalized spacial score (nSPS) is 8.71. The number of carbonyl (C=O) groups excluding carboxylic acids is 1. The van der Waals surface area contributed by atoms with Gasteiger partial charge >= 0.3 is 5.97 Å². The van der Waals surface area contributed by atoms with Gasteiger partial charge in [0.2, 0.25) is 0 Å². The van der Waals surface area contributed by atoms with E-state index < -0.39 is 5.97 Å². The highest BCUT2D eigenvalue weighted by atomic mass is 79.9. The van der Waals surface area contributed by atoms with Crippen LogP contribution in [0.25, 0.3) is 0 Å². The number of nitrogens with zero attached hydrogens (tertiary/aromatic N) is 1. The molecular formula is C10H8BrNO2. The van der Waals surface area contributed by atoms with Gasteiger partial charge in [-0.25, -0.2) is 4.79 Å². The summed E-state index contributed by atoms with van der Waals surface area (Å²) >= 11 is 3.25. The minimum Gasteiger partial charge on any atom is -0.456 e. The van der Waals surface area contributed by atoms with Crippen molar-refractivity contribution in [2.75, 3.05) is 6.61 Å². The lowest BCUT2D eigenvalue weighted by atomic mass is 10.3. The third-order valence-corrected chi connectivity index (χ3v) is 1.72. The molecule has 0 unspecified atom stereocenters. The fraction of sp³-hybridized carbons (Fsp3) is 0.200. The molecule has 1 heterocycles. The maximum Gasteiger partial charge on any atom is 0.384 e. The summed E-state index contributed by atoms with van der Waals surface area (Å²) < 4.78 is 5.48. The van der Waals surface area contributed by atoms with Crippen molar-refractivity contribution >= 4 is 21.9 Å². The number of aromatic nitrogens is 1. The van der Waals surface area contributed by atoms with Gasteiger partial charge in [-0.2, -0.15) is 0 Å². The van der Waals surface area contributed by atoms with Crippen LogP contribution in [-0.4, -0.2) is 17.6 Å². The molecule has 0 aromatic carbocycles. The Labute approximate surface area is 90.6 Å². The van der Waals surface area contributed by atoms with E-state index in [1.807, 2.05) is 0 Å². The maximum atomic E-state index is 10.9. The Morgan fingerprint density at radius 2 is 2.43 bits per heavy atom. The van der Waals surface area contributed by atoms with Crippen LogP contribution >= 0.6 is 15.9 Å². The first-order valence-corrected chi connectivity index (χ1v) is 4.81.